The largest absolute Gasteiger partial charge is 0.479 e. The number of amides is 1. The molecule has 1 aliphatic rings. The fourth-order valence-electron chi connectivity index (χ4n) is 3.21. The Balaban J connectivity index is 1.55. The van der Waals surface area contributed by atoms with E-state index in [2.05, 4.69) is 17.2 Å². The molecule has 140 valence electrons. The first-order valence-corrected chi connectivity index (χ1v) is 9.35. The van der Waals surface area contributed by atoms with E-state index in [-0.39, 0.29) is 19.1 Å². The maximum absolute atomic E-state index is 12.9. The summed E-state index contributed by atoms with van der Waals surface area (Å²) >= 11 is 6.03. The van der Waals surface area contributed by atoms with Gasteiger partial charge in [0.25, 0.3) is 0 Å². The Morgan fingerprint density at radius 1 is 1.07 bits per heavy atom. The number of halogens is 1. The van der Waals surface area contributed by atoms with Crippen molar-refractivity contribution >= 4 is 17.5 Å². The second kappa shape index (κ2) is 9.45. The molecule has 2 aromatic carbocycles. The fraction of sp³-hybridized carbons (Fsp3) is 0.318. The minimum atomic E-state index is -0.546. The van der Waals surface area contributed by atoms with Crippen molar-refractivity contribution in [1.29, 1.82) is 0 Å². The number of nitrogens with one attached hydrogen (secondary N) is 1. The Kier molecular flexibility index (Phi) is 6.75. The summed E-state index contributed by atoms with van der Waals surface area (Å²) in [7, 11) is 0. The Hall–Kier alpha value is -2.48. The number of ether oxygens (including phenoxy) is 2. The molecule has 0 bridgehead atoms. The molecule has 4 nitrogen and oxygen atoms in total. The molecular weight excluding hydrogens is 362 g/mol. The quantitative estimate of drug-likeness (QED) is 0.803. The lowest BCUT2D eigenvalue weighted by molar-refractivity contribution is -0.130. The lowest BCUT2D eigenvalue weighted by Gasteiger charge is -2.36. The Morgan fingerprint density at radius 3 is 2.52 bits per heavy atom. The van der Waals surface area contributed by atoms with E-state index in [1.165, 1.54) is 0 Å². The van der Waals surface area contributed by atoms with Crippen molar-refractivity contribution in [2.24, 2.45) is 0 Å². The molecule has 2 aromatic rings. The molecule has 1 saturated heterocycles. The molecule has 0 atom stereocenters. The van der Waals surface area contributed by atoms with Crippen LogP contribution in [0.15, 0.2) is 54.6 Å². The van der Waals surface area contributed by atoms with E-state index in [9.17, 15) is 4.79 Å². The van der Waals surface area contributed by atoms with Crippen molar-refractivity contribution in [2.75, 3.05) is 26.4 Å². The highest BCUT2D eigenvalue weighted by atomic mass is 35.5. The number of hydrogen-bond acceptors (Lipinski definition) is 3. The maximum atomic E-state index is 12.9. The molecule has 1 amide bonds. The van der Waals surface area contributed by atoms with Gasteiger partial charge in [0.1, 0.15) is 12.4 Å². The van der Waals surface area contributed by atoms with Gasteiger partial charge in [-0.15, -0.1) is 0 Å². The van der Waals surface area contributed by atoms with E-state index in [4.69, 9.17) is 21.1 Å². The summed E-state index contributed by atoms with van der Waals surface area (Å²) in [6, 6.07) is 17.2. The van der Waals surface area contributed by atoms with E-state index in [1.54, 1.807) is 12.1 Å². The third-order valence-corrected chi connectivity index (χ3v) is 5.02. The average molecular weight is 384 g/mol. The molecule has 0 saturated carbocycles. The van der Waals surface area contributed by atoms with Gasteiger partial charge in [0.15, 0.2) is 0 Å². The van der Waals surface area contributed by atoms with E-state index < -0.39 is 5.41 Å². The third kappa shape index (κ3) is 4.82. The van der Waals surface area contributed by atoms with E-state index >= 15 is 0 Å². The number of rotatable bonds is 5. The first kappa shape index (κ1) is 19.3. The predicted molar refractivity (Wildman–Crippen MR) is 106 cm³/mol. The van der Waals surface area contributed by atoms with Gasteiger partial charge in [-0.25, -0.2) is 0 Å². The van der Waals surface area contributed by atoms with Gasteiger partial charge < -0.3 is 14.8 Å². The maximum Gasteiger partial charge on any atom is 0.231 e. The first-order chi connectivity index (χ1) is 13.2. The van der Waals surface area contributed by atoms with Crippen molar-refractivity contribution in [3.05, 3.63) is 65.2 Å². The number of carbonyl (C=O) groups is 1. The molecule has 0 radical (unpaired) electrons. The van der Waals surface area contributed by atoms with Gasteiger partial charge in [0, 0.05) is 13.2 Å². The van der Waals surface area contributed by atoms with Gasteiger partial charge in [-0.1, -0.05) is 65.9 Å². The van der Waals surface area contributed by atoms with Crippen LogP contribution in [-0.2, 0) is 14.9 Å². The fourth-order valence-corrected chi connectivity index (χ4v) is 3.40. The lowest BCUT2D eigenvalue weighted by Crippen LogP contribution is -2.48. The van der Waals surface area contributed by atoms with Gasteiger partial charge in [-0.05, 0) is 30.5 Å². The monoisotopic (exact) mass is 383 g/mol. The molecule has 1 heterocycles. The van der Waals surface area contributed by atoms with Crippen molar-refractivity contribution in [1.82, 2.24) is 5.32 Å². The summed E-state index contributed by atoms with van der Waals surface area (Å²) < 4.78 is 11.0. The van der Waals surface area contributed by atoms with Crippen molar-refractivity contribution < 1.29 is 14.3 Å². The van der Waals surface area contributed by atoms with Gasteiger partial charge in [0.2, 0.25) is 5.91 Å². The molecule has 0 spiro atoms. The van der Waals surface area contributed by atoms with Gasteiger partial charge in [-0.3, -0.25) is 4.79 Å². The predicted octanol–water partition coefficient (Wildman–Crippen LogP) is 3.59. The minimum Gasteiger partial charge on any atom is -0.479 e. The molecule has 1 fully saturated rings. The second-order valence-electron chi connectivity index (χ2n) is 6.32. The topological polar surface area (TPSA) is 47.6 Å². The molecule has 0 unspecified atom stereocenters. The van der Waals surface area contributed by atoms with Gasteiger partial charge in [-0.2, -0.15) is 0 Å². The SMILES string of the molecule is O=C(NCC#CCOc1ccccc1Cl)C1(c2ccccc2)CCOCC1. The normalized spacial score (nSPS) is 15.3. The van der Waals surface area contributed by atoms with Crippen LogP contribution in [0.4, 0.5) is 0 Å². The molecule has 27 heavy (non-hydrogen) atoms. The Bertz CT molecular complexity index is 820. The Morgan fingerprint density at radius 2 is 1.78 bits per heavy atom. The summed E-state index contributed by atoms with van der Waals surface area (Å²) in [6.07, 6.45) is 1.35. The van der Waals surface area contributed by atoms with Crippen LogP contribution in [0, 0.1) is 11.8 Å². The van der Waals surface area contributed by atoms with Crippen LogP contribution >= 0.6 is 11.6 Å². The molecule has 1 aliphatic heterocycles. The molecule has 0 aromatic heterocycles. The second-order valence-corrected chi connectivity index (χ2v) is 6.72. The number of para-hydroxylation sites is 1. The zero-order valence-corrected chi connectivity index (χ0v) is 15.8. The van der Waals surface area contributed by atoms with Crippen molar-refractivity contribution in [3.63, 3.8) is 0 Å². The summed E-state index contributed by atoms with van der Waals surface area (Å²) in [4.78, 5) is 12.9. The molecule has 1 N–H and O–H groups in total. The van der Waals surface area contributed by atoms with Gasteiger partial charge in [0.05, 0.1) is 17.0 Å². The number of carbonyl (C=O) groups excluding carboxylic acids is 1. The zero-order chi connectivity index (χ0) is 19.0. The molecule has 0 aliphatic carbocycles. The summed E-state index contributed by atoms with van der Waals surface area (Å²) in [5.41, 5.74) is 0.482. The molecule has 5 heteroatoms. The number of hydrogen-bond donors (Lipinski definition) is 1. The van der Waals surface area contributed by atoms with Crippen LogP contribution in [-0.4, -0.2) is 32.3 Å². The minimum absolute atomic E-state index is 0.00155. The van der Waals surface area contributed by atoms with Gasteiger partial charge >= 0.3 is 0 Å². The van der Waals surface area contributed by atoms with Crippen LogP contribution in [0.3, 0.4) is 0 Å². The van der Waals surface area contributed by atoms with Crippen molar-refractivity contribution in [3.8, 4) is 17.6 Å². The summed E-state index contributed by atoms with van der Waals surface area (Å²) in [6.45, 7) is 1.66. The standard InChI is InChI=1S/C22H22ClNO3/c23-19-10-4-5-11-20(19)27-15-7-6-14-24-21(25)22(12-16-26-17-13-22)18-8-2-1-3-9-18/h1-5,8-11H,12-17H2,(H,24,25). The lowest BCUT2D eigenvalue weighted by atomic mass is 9.73. The Labute approximate surface area is 164 Å². The van der Waals surface area contributed by atoms with Crippen LogP contribution in [0.1, 0.15) is 18.4 Å². The van der Waals surface area contributed by atoms with E-state index in [0.717, 1.165) is 5.56 Å². The molecular formula is C22H22ClNO3. The van der Waals surface area contributed by atoms with E-state index in [1.807, 2.05) is 42.5 Å². The third-order valence-electron chi connectivity index (χ3n) is 4.71. The van der Waals surface area contributed by atoms with Crippen LogP contribution in [0.2, 0.25) is 5.02 Å². The van der Waals surface area contributed by atoms with Crippen molar-refractivity contribution in [2.45, 2.75) is 18.3 Å². The highest BCUT2D eigenvalue weighted by Gasteiger charge is 2.41. The van der Waals surface area contributed by atoms with Crippen LogP contribution in [0.5, 0.6) is 5.75 Å². The zero-order valence-electron chi connectivity index (χ0n) is 15.0. The smallest absolute Gasteiger partial charge is 0.231 e. The van der Waals surface area contributed by atoms with Crippen LogP contribution in [0.25, 0.3) is 0 Å². The summed E-state index contributed by atoms with van der Waals surface area (Å²) in [5.74, 6) is 6.43. The number of benzene rings is 2. The molecule has 3 rings (SSSR count). The highest BCUT2D eigenvalue weighted by Crippen LogP contribution is 2.35. The first-order valence-electron chi connectivity index (χ1n) is 8.97. The summed E-state index contributed by atoms with van der Waals surface area (Å²) in [5, 5.41) is 3.50. The van der Waals surface area contributed by atoms with Crippen LogP contribution < -0.4 is 10.1 Å². The highest BCUT2D eigenvalue weighted by molar-refractivity contribution is 6.32. The van der Waals surface area contributed by atoms with E-state index in [0.29, 0.717) is 36.8 Å². The average Bonchev–Trinajstić information content (AvgIpc) is 2.72.